The Morgan fingerprint density at radius 3 is 1.23 bits per heavy atom. The molecule has 0 N–H and O–H groups in total. The third-order valence-corrected chi connectivity index (χ3v) is 14.8. The second kappa shape index (κ2) is 13.2. The molecule has 0 fully saturated rings. The lowest BCUT2D eigenvalue weighted by Crippen LogP contribution is -2.15. The van der Waals surface area contributed by atoms with Gasteiger partial charge in [-0.3, -0.25) is 9.97 Å². The monoisotopic (exact) mass is 850 g/mol. The summed E-state index contributed by atoms with van der Waals surface area (Å²) >= 11 is 0. The van der Waals surface area contributed by atoms with E-state index in [0.717, 1.165) is 89.5 Å². The molecular weight excluding hydrogens is 809 g/mol. The molecule has 6 heteroatoms. The highest BCUT2D eigenvalue weighted by Crippen LogP contribution is 2.57. The highest BCUT2D eigenvalue weighted by molar-refractivity contribution is 6.28. The molecule has 0 saturated heterocycles. The van der Waals surface area contributed by atoms with Gasteiger partial charge in [0.2, 0.25) is 0 Å². The molecule has 8 aromatic carbocycles. The number of aromatic nitrogens is 2. The normalized spacial score (nSPS) is 14.3. The first-order valence-corrected chi connectivity index (χ1v) is 22.7. The Morgan fingerprint density at radius 1 is 0.379 bits per heavy atom. The number of pyridine rings is 2. The Hall–Kier alpha value is -8.22. The fraction of sp³-hybridized carbons (Fsp3) is 0.100. The van der Waals surface area contributed by atoms with E-state index in [-0.39, 0.29) is 10.8 Å². The largest absolute Gasteiger partial charge is 0.454 e. The second-order valence-electron chi connectivity index (χ2n) is 18.9. The molecule has 4 aromatic heterocycles. The van der Waals surface area contributed by atoms with Crippen LogP contribution in [0, 0.1) is 0 Å². The van der Waals surface area contributed by atoms with E-state index in [4.69, 9.17) is 8.83 Å². The summed E-state index contributed by atoms with van der Waals surface area (Å²) in [5.74, 6) is 1.91. The maximum atomic E-state index is 7.08. The number of benzene rings is 8. The standard InChI is InChI=1S/C60H42N4O2/c1-59(2)45-15-7-5-11-39(45)57-53(59)43-13-9-17-49(55(43)65-57)63(37-27-31-61-32-28-37)47-25-21-35-20-24-42-48(26-22-36-19-23-41(47)51(35)52(36)42)64(38-29-33-62-34-30-38)50-18-10-14-44-54-58(66-56(44)50)40-12-6-8-16-46(40)60(54,3)4/h5-34H,1-4H3. The number of fused-ring (bicyclic) bond motifs is 10. The Labute approximate surface area is 381 Å². The van der Waals surface area contributed by atoms with Crippen molar-refractivity contribution in [1.29, 1.82) is 0 Å². The van der Waals surface area contributed by atoms with Crippen LogP contribution in [0.4, 0.5) is 34.1 Å². The molecule has 0 amide bonds. The van der Waals surface area contributed by atoms with E-state index in [0.29, 0.717) is 0 Å². The molecule has 12 aromatic rings. The van der Waals surface area contributed by atoms with Gasteiger partial charge in [-0.05, 0) is 81.2 Å². The van der Waals surface area contributed by atoms with Crippen LogP contribution in [-0.2, 0) is 10.8 Å². The van der Waals surface area contributed by atoms with Crippen LogP contribution < -0.4 is 9.80 Å². The number of hydrogen-bond acceptors (Lipinski definition) is 6. The van der Waals surface area contributed by atoms with E-state index in [1.165, 1.54) is 43.8 Å². The smallest absolute Gasteiger partial charge is 0.159 e. The highest BCUT2D eigenvalue weighted by atomic mass is 16.3. The molecule has 0 radical (unpaired) electrons. The van der Waals surface area contributed by atoms with Gasteiger partial charge in [-0.25, -0.2) is 0 Å². The van der Waals surface area contributed by atoms with Crippen LogP contribution in [0.3, 0.4) is 0 Å². The maximum absolute atomic E-state index is 7.08. The van der Waals surface area contributed by atoms with Crippen molar-refractivity contribution in [1.82, 2.24) is 9.97 Å². The van der Waals surface area contributed by atoms with Crippen molar-refractivity contribution in [2.75, 3.05) is 9.80 Å². The molecule has 314 valence electrons. The van der Waals surface area contributed by atoms with Crippen LogP contribution in [-0.4, -0.2) is 9.97 Å². The fourth-order valence-electron chi connectivity index (χ4n) is 11.9. The molecule has 2 aliphatic rings. The number of rotatable bonds is 6. The summed E-state index contributed by atoms with van der Waals surface area (Å²) in [6, 6.07) is 57.0. The first-order valence-electron chi connectivity index (χ1n) is 22.7. The Morgan fingerprint density at radius 2 is 0.788 bits per heavy atom. The zero-order valence-electron chi connectivity index (χ0n) is 36.9. The molecule has 0 unspecified atom stereocenters. The SMILES string of the molecule is CC1(C)c2ccccc2-c2oc3c(N(c4ccncc4)c4ccc5ccc6c(N(c7ccncc7)c7cccc8c9c(oc78)-c7ccccc7C9(C)C)ccc7ccc4c5c76)cccc3c21. The highest BCUT2D eigenvalue weighted by Gasteiger charge is 2.42. The average molecular weight is 851 g/mol. The zero-order chi connectivity index (χ0) is 44.1. The lowest BCUT2D eigenvalue weighted by molar-refractivity contribution is 0.619. The summed E-state index contributed by atoms with van der Waals surface area (Å²) in [4.78, 5) is 13.6. The van der Waals surface area contributed by atoms with Crippen molar-refractivity contribution >= 4 is 88.4 Å². The molecule has 4 heterocycles. The van der Waals surface area contributed by atoms with Crippen LogP contribution in [0.5, 0.6) is 0 Å². The van der Waals surface area contributed by atoms with Crippen molar-refractivity contribution in [3.05, 3.63) is 205 Å². The van der Waals surface area contributed by atoms with Crippen molar-refractivity contribution < 1.29 is 8.83 Å². The van der Waals surface area contributed by atoms with Crippen LogP contribution >= 0.6 is 0 Å². The van der Waals surface area contributed by atoms with E-state index in [1.807, 2.05) is 24.8 Å². The van der Waals surface area contributed by atoms with Gasteiger partial charge >= 0.3 is 0 Å². The zero-order valence-corrected chi connectivity index (χ0v) is 36.9. The second-order valence-corrected chi connectivity index (χ2v) is 18.9. The van der Waals surface area contributed by atoms with Gasteiger partial charge in [-0.2, -0.15) is 0 Å². The summed E-state index contributed by atoms with van der Waals surface area (Å²) in [6.07, 6.45) is 7.48. The number of para-hydroxylation sites is 2. The Kier molecular flexibility index (Phi) is 7.42. The molecule has 0 atom stereocenters. The van der Waals surface area contributed by atoms with Crippen LogP contribution in [0.1, 0.15) is 49.9 Å². The minimum absolute atomic E-state index is 0.212. The minimum atomic E-state index is -0.212. The molecule has 0 aliphatic heterocycles. The van der Waals surface area contributed by atoms with Crippen molar-refractivity contribution in [2.24, 2.45) is 0 Å². The topological polar surface area (TPSA) is 58.5 Å². The maximum Gasteiger partial charge on any atom is 0.159 e. The fourth-order valence-corrected chi connectivity index (χ4v) is 11.9. The lowest BCUT2D eigenvalue weighted by Gasteiger charge is -2.29. The van der Waals surface area contributed by atoms with Gasteiger partial charge in [0.15, 0.2) is 11.2 Å². The number of hydrogen-bond donors (Lipinski definition) is 0. The van der Waals surface area contributed by atoms with Crippen molar-refractivity contribution in [3.8, 4) is 22.6 Å². The third-order valence-electron chi connectivity index (χ3n) is 14.8. The molecule has 2 aliphatic carbocycles. The summed E-state index contributed by atoms with van der Waals surface area (Å²) in [7, 11) is 0. The van der Waals surface area contributed by atoms with E-state index < -0.39 is 0 Å². The minimum Gasteiger partial charge on any atom is -0.454 e. The molecule has 0 bridgehead atoms. The molecule has 6 nitrogen and oxygen atoms in total. The molecule has 14 rings (SSSR count). The Balaban J connectivity index is 1.00. The molecular formula is C60H42N4O2. The summed E-state index contributed by atoms with van der Waals surface area (Å²) in [5, 5.41) is 9.30. The van der Waals surface area contributed by atoms with Gasteiger partial charge in [0.1, 0.15) is 11.5 Å². The van der Waals surface area contributed by atoms with E-state index in [9.17, 15) is 0 Å². The van der Waals surface area contributed by atoms with E-state index >= 15 is 0 Å². The van der Waals surface area contributed by atoms with Gasteiger partial charge in [0.25, 0.3) is 0 Å². The van der Waals surface area contributed by atoms with Gasteiger partial charge in [0.05, 0.1) is 22.7 Å². The van der Waals surface area contributed by atoms with E-state index in [2.05, 4.69) is 205 Å². The summed E-state index contributed by atoms with van der Waals surface area (Å²) in [5.41, 5.74) is 14.8. The summed E-state index contributed by atoms with van der Waals surface area (Å²) < 4.78 is 14.2. The van der Waals surface area contributed by atoms with E-state index in [1.54, 1.807) is 0 Å². The molecule has 0 spiro atoms. The van der Waals surface area contributed by atoms with Gasteiger partial charge in [-0.15, -0.1) is 0 Å². The van der Waals surface area contributed by atoms with Gasteiger partial charge in [0, 0.05) is 90.8 Å². The Bertz CT molecular complexity index is 3700. The predicted octanol–water partition coefficient (Wildman–Crippen LogP) is 16.4. The quantitative estimate of drug-likeness (QED) is 0.155. The number of anilines is 6. The lowest BCUT2D eigenvalue weighted by atomic mass is 9.81. The molecule has 0 saturated carbocycles. The average Bonchev–Trinajstić information content (AvgIpc) is 4.07. The third kappa shape index (κ3) is 4.85. The van der Waals surface area contributed by atoms with Crippen molar-refractivity contribution in [3.63, 3.8) is 0 Å². The van der Waals surface area contributed by atoms with Crippen LogP contribution in [0.2, 0.25) is 0 Å². The van der Waals surface area contributed by atoms with Crippen LogP contribution in [0.15, 0.2) is 191 Å². The van der Waals surface area contributed by atoms with Crippen molar-refractivity contribution in [2.45, 2.75) is 38.5 Å². The van der Waals surface area contributed by atoms with Gasteiger partial charge in [-0.1, -0.05) is 137 Å². The number of nitrogens with zero attached hydrogens (tertiary/aromatic N) is 4. The first-order chi connectivity index (χ1) is 32.3. The first kappa shape index (κ1) is 37.2. The van der Waals surface area contributed by atoms with Gasteiger partial charge < -0.3 is 18.6 Å². The molecule has 66 heavy (non-hydrogen) atoms. The predicted molar refractivity (Wildman–Crippen MR) is 270 cm³/mol. The van der Waals surface area contributed by atoms with Crippen LogP contribution in [0.25, 0.3) is 76.9 Å². The summed E-state index contributed by atoms with van der Waals surface area (Å²) in [6.45, 7) is 9.25. The number of furan rings is 2.